The SMILES string of the molecule is CCCC[N+]12CCN(CC1)CC2.CCCC[N+]12CCN(CC1)CC2.[O]=[Cr](=[O])([O-])[O][Cr](=[O])(=[O])[O-]. The van der Waals surface area contributed by atoms with Gasteiger partial charge in [0.2, 0.25) is 0 Å². The van der Waals surface area contributed by atoms with Crippen molar-refractivity contribution in [3.05, 3.63) is 0 Å². The summed E-state index contributed by atoms with van der Waals surface area (Å²) in [6.07, 6.45) is 5.59. The van der Waals surface area contributed by atoms with Crippen LogP contribution in [0.5, 0.6) is 0 Å². The van der Waals surface area contributed by atoms with E-state index < -0.39 is 27.2 Å². The first kappa shape index (κ1) is 29.2. The molecule has 6 heterocycles. The van der Waals surface area contributed by atoms with Gasteiger partial charge in [-0.15, -0.1) is 0 Å². The van der Waals surface area contributed by atoms with Crippen LogP contribution in [0.4, 0.5) is 0 Å². The first-order valence-electron chi connectivity index (χ1n) is 12.2. The Balaban J connectivity index is 0.000000178. The Morgan fingerprint density at radius 3 is 1.09 bits per heavy atom. The van der Waals surface area contributed by atoms with E-state index >= 15 is 0 Å². The summed E-state index contributed by atoms with van der Waals surface area (Å²) in [6, 6.07) is 0. The molecule has 33 heavy (non-hydrogen) atoms. The molecule has 0 atom stereocenters. The molecular formula is C20H42Cr2N4O7. The van der Waals surface area contributed by atoms with Crippen LogP contribution in [0.15, 0.2) is 0 Å². The number of hydrogen-bond donors (Lipinski definition) is 0. The number of nitrogens with zero attached hydrogens (tertiary/aromatic N) is 4. The molecule has 0 aromatic heterocycles. The molecular weight excluding hydrogens is 512 g/mol. The molecule has 6 rings (SSSR count). The Kier molecular flexibility index (Phi) is 11.3. The Bertz CT molecular complexity index is 698. The van der Waals surface area contributed by atoms with E-state index in [-0.39, 0.29) is 0 Å². The summed E-state index contributed by atoms with van der Waals surface area (Å²) in [5, 5.41) is 0. The zero-order valence-corrected chi connectivity index (χ0v) is 22.7. The van der Waals surface area contributed by atoms with Crippen molar-refractivity contribution in [2.24, 2.45) is 0 Å². The number of fused-ring (bicyclic) bond motifs is 6. The van der Waals surface area contributed by atoms with E-state index in [1.165, 1.54) is 126 Å². The number of quaternary nitrogens is 2. The van der Waals surface area contributed by atoms with E-state index in [2.05, 4.69) is 26.5 Å². The average Bonchev–Trinajstić information content (AvgIpc) is 2.77. The average molecular weight is 555 g/mol. The Labute approximate surface area is 203 Å². The molecule has 0 aliphatic carbocycles. The van der Waals surface area contributed by atoms with Gasteiger partial charge in [-0.1, -0.05) is 26.7 Å². The summed E-state index contributed by atoms with van der Waals surface area (Å²) in [5.41, 5.74) is 0. The van der Waals surface area contributed by atoms with Gasteiger partial charge >= 0.3 is 53.6 Å². The van der Waals surface area contributed by atoms with Crippen molar-refractivity contribution >= 4 is 0 Å². The van der Waals surface area contributed by atoms with Crippen LogP contribution < -0.4 is 8.32 Å². The predicted octanol–water partition coefficient (Wildman–Crippen LogP) is -1.06. The molecule has 11 nitrogen and oxygen atoms in total. The fourth-order valence-corrected chi connectivity index (χ4v) is 6.86. The minimum atomic E-state index is -6.07. The molecule has 6 aliphatic heterocycles. The molecule has 6 saturated heterocycles. The van der Waals surface area contributed by atoms with Gasteiger partial charge in [-0.2, -0.15) is 0 Å². The monoisotopic (exact) mass is 554 g/mol. The quantitative estimate of drug-likeness (QED) is 0.345. The van der Waals surface area contributed by atoms with Gasteiger partial charge in [0.25, 0.3) is 0 Å². The van der Waals surface area contributed by atoms with Crippen molar-refractivity contribution in [1.82, 2.24) is 9.80 Å². The van der Waals surface area contributed by atoms with Crippen molar-refractivity contribution in [2.45, 2.75) is 39.5 Å². The van der Waals surface area contributed by atoms with Crippen LogP contribution in [0.3, 0.4) is 0 Å². The van der Waals surface area contributed by atoms with Crippen molar-refractivity contribution in [2.75, 3.05) is 91.6 Å². The third-order valence-corrected chi connectivity index (χ3v) is 10.1. The van der Waals surface area contributed by atoms with Gasteiger partial charge in [0, 0.05) is 39.3 Å². The Morgan fingerprint density at radius 1 is 0.636 bits per heavy atom. The number of piperazine rings is 6. The number of rotatable bonds is 8. The van der Waals surface area contributed by atoms with Crippen LogP contribution in [0.2, 0.25) is 0 Å². The van der Waals surface area contributed by atoms with Crippen LogP contribution in [-0.2, 0) is 45.3 Å². The molecule has 0 amide bonds. The second kappa shape index (κ2) is 12.8. The molecule has 0 aromatic rings. The van der Waals surface area contributed by atoms with Gasteiger partial charge in [0.05, 0.1) is 52.4 Å². The van der Waals surface area contributed by atoms with Crippen molar-refractivity contribution < 1.29 is 62.6 Å². The van der Waals surface area contributed by atoms with Gasteiger partial charge in [0.1, 0.15) is 0 Å². The maximum atomic E-state index is 9.38. The van der Waals surface area contributed by atoms with Crippen LogP contribution in [-0.4, -0.2) is 110 Å². The zero-order valence-electron chi connectivity index (χ0n) is 20.2. The standard InChI is InChI=1S/2C10H21N2.2Cr.7O/c2*1-2-3-7-12-8-4-11(5-9-12)6-10-12;;;;;;;;;/h2*2-10H2,1H3;;;;;;;;;/q2*+1;;;;;;;;2*-1. The van der Waals surface area contributed by atoms with E-state index in [9.17, 15) is 23.5 Å². The summed E-state index contributed by atoms with van der Waals surface area (Å²) in [6.45, 7) is 24.3. The molecule has 0 saturated carbocycles. The fourth-order valence-electron chi connectivity index (χ4n) is 5.22. The van der Waals surface area contributed by atoms with Crippen LogP contribution in [0.25, 0.3) is 0 Å². The summed E-state index contributed by atoms with van der Waals surface area (Å²) in [7, 11) is 0. The summed E-state index contributed by atoms with van der Waals surface area (Å²) in [5.74, 6) is 0. The van der Waals surface area contributed by atoms with Crippen molar-refractivity contribution in [1.29, 1.82) is 0 Å². The zero-order chi connectivity index (χ0) is 24.6. The summed E-state index contributed by atoms with van der Waals surface area (Å²) >= 11 is -12.1. The summed E-state index contributed by atoms with van der Waals surface area (Å²) < 4.78 is 61.8. The normalized spacial score (nSPS) is 33.0. The Hall–Kier alpha value is -0.0151. The second-order valence-electron chi connectivity index (χ2n) is 9.75. The predicted molar refractivity (Wildman–Crippen MR) is 106 cm³/mol. The molecule has 6 aliphatic rings. The number of unbranched alkanes of at least 4 members (excludes halogenated alkanes) is 2. The van der Waals surface area contributed by atoms with E-state index in [0.717, 1.165) is 0 Å². The molecule has 0 aromatic carbocycles. The second-order valence-corrected chi connectivity index (χ2v) is 13.4. The van der Waals surface area contributed by atoms with E-state index in [1.54, 1.807) is 0 Å². The molecule has 0 N–H and O–H groups in total. The van der Waals surface area contributed by atoms with Gasteiger partial charge < -0.3 is 8.97 Å². The van der Waals surface area contributed by atoms with Gasteiger partial charge in [0.15, 0.2) is 0 Å². The molecule has 196 valence electrons. The first-order valence-corrected chi connectivity index (χ1v) is 16.3. The Morgan fingerprint density at radius 2 is 0.909 bits per heavy atom. The third-order valence-electron chi connectivity index (χ3n) is 7.48. The number of hydrogen-bond acceptors (Lipinski definition) is 9. The minimum absolute atomic E-state index is 1.36. The van der Waals surface area contributed by atoms with Gasteiger partial charge in [-0.3, -0.25) is 9.80 Å². The maximum absolute atomic E-state index is 9.38. The van der Waals surface area contributed by atoms with E-state index in [1.807, 2.05) is 0 Å². The fraction of sp³-hybridized carbons (Fsp3) is 1.00. The van der Waals surface area contributed by atoms with Crippen LogP contribution in [0, 0.1) is 0 Å². The molecule has 13 heteroatoms. The third kappa shape index (κ3) is 10.6. The summed E-state index contributed by atoms with van der Waals surface area (Å²) in [4.78, 5) is 5.23. The molecule has 4 bridgehead atoms. The van der Waals surface area contributed by atoms with E-state index in [0.29, 0.717) is 0 Å². The topological polar surface area (TPSA) is 130 Å². The van der Waals surface area contributed by atoms with Crippen LogP contribution >= 0.6 is 0 Å². The molecule has 0 radical (unpaired) electrons. The van der Waals surface area contributed by atoms with Crippen molar-refractivity contribution in [3.63, 3.8) is 0 Å². The molecule has 6 fully saturated rings. The van der Waals surface area contributed by atoms with Crippen molar-refractivity contribution in [3.8, 4) is 0 Å². The molecule has 0 unspecified atom stereocenters. The van der Waals surface area contributed by atoms with E-state index in [4.69, 9.17) is 0 Å². The molecule has 0 spiro atoms. The van der Waals surface area contributed by atoms with Gasteiger partial charge in [-0.05, 0) is 12.8 Å². The first-order chi connectivity index (χ1) is 15.4. The van der Waals surface area contributed by atoms with Gasteiger partial charge in [-0.25, -0.2) is 0 Å². The van der Waals surface area contributed by atoms with Crippen LogP contribution in [0.1, 0.15) is 39.5 Å².